The third kappa shape index (κ3) is 2.62. The molecule has 2 N–H and O–H groups in total. The molecule has 21 heavy (non-hydrogen) atoms. The van der Waals surface area contributed by atoms with Crippen LogP contribution in [-0.2, 0) is 4.79 Å². The minimum absolute atomic E-state index is 0.390. The van der Waals surface area contributed by atoms with Crippen molar-refractivity contribution >= 4 is 5.91 Å². The Balaban J connectivity index is 1.42. The van der Waals surface area contributed by atoms with Gasteiger partial charge in [0.2, 0.25) is 5.91 Å². The minimum atomic E-state index is 0.390. The van der Waals surface area contributed by atoms with Crippen molar-refractivity contribution < 1.29 is 4.79 Å². The standard InChI is InChI=1S/C18H30N2O/c19-11-13-2-1-3-20(12-13)17(21)10-18-7-14-4-15(8-18)6-16(5-14)9-18/h13-16H,1-12,19H2. The van der Waals surface area contributed by atoms with E-state index in [1.165, 1.54) is 44.9 Å². The van der Waals surface area contributed by atoms with E-state index in [0.29, 0.717) is 17.2 Å². The highest BCUT2D eigenvalue weighted by molar-refractivity contribution is 5.77. The van der Waals surface area contributed by atoms with E-state index in [9.17, 15) is 4.79 Å². The summed E-state index contributed by atoms with van der Waals surface area (Å²) >= 11 is 0. The number of rotatable bonds is 3. The zero-order valence-corrected chi connectivity index (χ0v) is 13.2. The number of piperidine rings is 1. The van der Waals surface area contributed by atoms with Gasteiger partial charge in [-0.25, -0.2) is 0 Å². The molecule has 0 aromatic carbocycles. The van der Waals surface area contributed by atoms with Crippen LogP contribution in [0.2, 0.25) is 0 Å². The number of hydrogen-bond donors (Lipinski definition) is 1. The molecule has 5 rings (SSSR count). The van der Waals surface area contributed by atoms with Crippen LogP contribution in [-0.4, -0.2) is 30.4 Å². The second kappa shape index (κ2) is 5.26. The molecule has 1 unspecified atom stereocenters. The molecule has 0 aromatic rings. The van der Waals surface area contributed by atoms with Gasteiger partial charge in [0, 0.05) is 19.5 Å². The predicted molar refractivity (Wildman–Crippen MR) is 83.6 cm³/mol. The van der Waals surface area contributed by atoms with Crippen LogP contribution < -0.4 is 5.73 Å². The van der Waals surface area contributed by atoms with Crippen LogP contribution >= 0.6 is 0 Å². The molecule has 4 bridgehead atoms. The number of likely N-dealkylation sites (tertiary alicyclic amines) is 1. The van der Waals surface area contributed by atoms with E-state index in [0.717, 1.165) is 50.2 Å². The molecule has 118 valence electrons. The van der Waals surface area contributed by atoms with E-state index in [1.807, 2.05) is 0 Å². The fourth-order valence-corrected chi connectivity index (χ4v) is 6.42. The number of nitrogens with zero attached hydrogens (tertiary/aromatic N) is 1. The molecule has 1 aliphatic heterocycles. The van der Waals surface area contributed by atoms with Crippen molar-refractivity contribution in [2.75, 3.05) is 19.6 Å². The lowest BCUT2D eigenvalue weighted by molar-refractivity contribution is -0.141. The largest absolute Gasteiger partial charge is 0.342 e. The summed E-state index contributed by atoms with van der Waals surface area (Å²) in [6.45, 7) is 2.63. The van der Waals surface area contributed by atoms with Crippen molar-refractivity contribution in [2.45, 2.75) is 57.8 Å². The second-order valence-corrected chi connectivity index (χ2v) is 8.68. The first-order chi connectivity index (χ1) is 10.2. The third-order valence-electron chi connectivity index (χ3n) is 6.90. The lowest BCUT2D eigenvalue weighted by Crippen LogP contribution is -2.49. The topological polar surface area (TPSA) is 46.3 Å². The maximum Gasteiger partial charge on any atom is 0.223 e. The molecular weight excluding hydrogens is 260 g/mol. The summed E-state index contributed by atoms with van der Waals surface area (Å²) < 4.78 is 0. The Hall–Kier alpha value is -0.570. The van der Waals surface area contributed by atoms with Crippen LogP contribution in [0.15, 0.2) is 0 Å². The van der Waals surface area contributed by atoms with Crippen LogP contribution in [0.25, 0.3) is 0 Å². The first-order valence-electron chi connectivity index (χ1n) is 9.14. The molecule has 3 nitrogen and oxygen atoms in total. The number of amides is 1. The van der Waals surface area contributed by atoms with Gasteiger partial charge in [-0.15, -0.1) is 0 Å². The number of hydrogen-bond acceptors (Lipinski definition) is 2. The van der Waals surface area contributed by atoms with Crippen LogP contribution in [0.1, 0.15) is 57.8 Å². The quantitative estimate of drug-likeness (QED) is 0.869. The smallest absolute Gasteiger partial charge is 0.223 e. The number of carbonyl (C=O) groups is 1. The van der Waals surface area contributed by atoms with Crippen molar-refractivity contribution in [1.29, 1.82) is 0 Å². The van der Waals surface area contributed by atoms with E-state index in [2.05, 4.69) is 4.90 Å². The minimum Gasteiger partial charge on any atom is -0.342 e. The van der Waals surface area contributed by atoms with E-state index < -0.39 is 0 Å². The molecule has 0 aromatic heterocycles. The molecule has 5 fully saturated rings. The highest BCUT2D eigenvalue weighted by atomic mass is 16.2. The summed E-state index contributed by atoms with van der Waals surface area (Å²) in [6, 6.07) is 0. The molecule has 4 aliphatic carbocycles. The lowest BCUT2D eigenvalue weighted by atomic mass is 9.49. The van der Waals surface area contributed by atoms with Crippen molar-refractivity contribution in [1.82, 2.24) is 4.90 Å². The highest BCUT2D eigenvalue weighted by Crippen LogP contribution is 2.61. The van der Waals surface area contributed by atoms with E-state index in [4.69, 9.17) is 5.73 Å². The molecule has 1 amide bonds. The zero-order valence-electron chi connectivity index (χ0n) is 13.2. The molecule has 0 radical (unpaired) electrons. The average Bonchev–Trinajstić information content (AvgIpc) is 2.45. The molecule has 1 atom stereocenters. The normalized spacial score (nSPS) is 45.1. The third-order valence-corrected chi connectivity index (χ3v) is 6.90. The highest BCUT2D eigenvalue weighted by Gasteiger charge is 2.51. The Kier molecular flexibility index (Phi) is 3.52. The maximum absolute atomic E-state index is 12.8. The molecule has 3 heteroatoms. The van der Waals surface area contributed by atoms with Crippen LogP contribution in [0.4, 0.5) is 0 Å². The fourth-order valence-electron chi connectivity index (χ4n) is 6.42. The van der Waals surface area contributed by atoms with Gasteiger partial charge in [-0.05, 0) is 87.0 Å². The van der Waals surface area contributed by atoms with Gasteiger partial charge in [0.1, 0.15) is 0 Å². The molecule has 5 aliphatic rings. The van der Waals surface area contributed by atoms with E-state index >= 15 is 0 Å². The fraction of sp³-hybridized carbons (Fsp3) is 0.944. The van der Waals surface area contributed by atoms with Gasteiger partial charge in [0.15, 0.2) is 0 Å². The number of nitrogens with two attached hydrogens (primary N) is 1. The monoisotopic (exact) mass is 290 g/mol. The summed E-state index contributed by atoms with van der Waals surface area (Å²) in [6.07, 6.45) is 11.6. The lowest BCUT2D eigenvalue weighted by Gasteiger charge is -2.57. The van der Waals surface area contributed by atoms with Crippen molar-refractivity contribution in [3.63, 3.8) is 0 Å². The average molecular weight is 290 g/mol. The Labute approximate surface area is 128 Å². The molecular formula is C18H30N2O. The first kappa shape index (κ1) is 14.0. The van der Waals surface area contributed by atoms with Crippen molar-refractivity contribution in [3.05, 3.63) is 0 Å². The van der Waals surface area contributed by atoms with Gasteiger partial charge < -0.3 is 10.6 Å². The van der Waals surface area contributed by atoms with E-state index in [1.54, 1.807) is 0 Å². The van der Waals surface area contributed by atoms with Gasteiger partial charge in [-0.2, -0.15) is 0 Å². The first-order valence-corrected chi connectivity index (χ1v) is 9.14. The Morgan fingerprint density at radius 1 is 1.10 bits per heavy atom. The van der Waals surface area contributed by atoms with Gasteiger partial charge in [0.05, 0.1) is 0 Å². The van der Waals surface area contributed by atoms with Crippen molar-refractivity contribution in [3.8, 4) is 0 Å². The zero-order chi connectivity index (χ0) is 14.4. The molecule has 0 spiro atoms. The van der Waals surface area contributed by atoms with Crippen LogP contribution in [0.3, 0.4) is 0 Å². The summed E-state index contributed by atoms with van der Waals surface area (Å²) in [5.74, 6) is 3.82. The van der Waals surface area contributed by atoms with Gasteiger partial charge in [0.25, 0.3) is 0 Å². The second-order valence-electron chi connectivity index (χ2n) is 8.68. The van der Waals surface area contributed by atoms with Gasteiger partial charge in [-0.1, -0.05) is 0 Å². The summed E-state index contributed by atoms with van der Waals surface area (Å²) in [4.78, 5) is 15.0. The van der Waals surface area contributed by atoms with Gasteiger partial charge >= 0.3 is 0 Å². The Bertz CT molecular complexity index is 384. The predicted octanol–water partition coefficient (Wildman–Crippen LogP) is 2.79. The molecule has 1 heterocycles. The Morgan fingerprint density at radius 3 is 2.29 bits per heavy atom. The SMILES string of the molecule is NCC1CCCN(C(=O)CC23CC4CC(CC(C4)C2)C3)C1. The Morgan fingerprint density at radius 2 is 1.71 bits per heavy atom. The summed E-state index contributed by atoms with van der Waals surface area (Å²) in [5, 5.41) is 0. The van der Waals surface area contributed by atoms with Crippen molar-refractivity contribution in [2.24, 2.45) is 34.8 Å². The van der Waals surface area contributed by atoms with E-state index in [-0.39, 0.29) is 0 Å². The molecule has 1 saturated heterocycles. The molecule has 4 saturated carbocycles. The van der Waals surface area contributed by atoms with Gasteiger partial charge in [-0.3, -0.25) is 4.79 Å². The number of carbonyl (C=O) groups excluding carboxylic acids is 1. The van der Waals surface area contributed by atoms with Crippen LogP contribution in [0.5, 0.6) is 0 Å². The summed E-state index contributed by atoms with van der Waals surface area (Å²) in [7, 11) is 0. The maximum atomic E-state index is 12.8. The summed E-state index contributed by atoms with van der Waals surface area (Å²) in [5.41, 5.74) is 6.21. The van der Waals surface area contributed by atoms with Crippen LogP contribution in [0, 0.1) is 29.1 Å².